The van der Waals surface area contributed by atoms with Crippen molar-refractivity contribution in [3.63, 3.8) is 0 Å². The summed E-state index contributed by atoms with van der Waals surface area (Å²) in [5, 5.41) is 43.8. The number of carbonyl (C=O) groups is 1. The molecule has 11 nitrogen and oxygen atoms in total. The third-order valence-corrected chi connectivity index (χ3v) is 4.61. The molecule has 0 unspecified atom stereocenters. The highest BCUT2D eigenvalue weighted by Crippen LogP contribution is 2.26. The quantitative estimate of drug-likeness (QED) is 0.292. The molecular formula is C20H25N3O8. The van der Waals surface area contributed by atoms with Crippen LogP contribution in [-0.2, 0) is 9.57 Å². The van der Waals surface area contributed by atoms with Crippen molar-refractivity contribution in [1.29, 1.82) is 0 Å². The summed E-state index contributed by atoms with van der Waals surface area (Å²) in [6.45, 7) is -0.631. The van der Waals surface area contributed by atoms with Crippen molar-refractivity contribution < 1.29 is 39.5 Å². The van der Waals surface area contributed by atoms with Gasteiger partial charge < -0.3 is 40.5 Å². The van der Waals surface area contributed by atoms with Gasteiger partial charge in [-0.15, -0.1) is 0 Å². The summed E-state index contributed by atoms with van der Waals surface area (Å²) in [5.74, 6) is 0.532. The molecular weight excluding hydrogens is 410 g/mol. The molecule has 1 fully saturated rings. The number of anilines is 3. The van der Waals surface area contributed by atoms with E-state index in [1.54, 1.807) is 48.5 Å². The second-order valence-electron chi connectivity index (χ2n) is 6.78. The monoisotopic (exact) mass is 435 g/mol. The van der Waals surface area contributed by atoms with Crippen molar-refractivity contribution >= 4 is 23.1 Å². The number of urea groups is 1. The zero-order valence-electron chi connectivity index (χ0n) is 16.6. The number of rotatable bonds is 8. The molecule has 2 amide bonds. The standard InChI is InChI=1S/C20H25N3O8/c1-29-15-5-3-2-4-13(15)22-20(28)21-11-6-8-12(9-7-11)23-31-19-17(27)16(26)18(30-19)14(25)10-24/h2-9,14,16-19,23-27H,10H2,1H3,(H2,21,22,28)/t14-,16+,17-,18+,19+/m0/s1. The predicted molar refractivity (Wildman–Crippen MR) is 111 cm³/mol. The molecule has 0 radical (unpaired) electrons. The molecule has 7 N–H and O–H groups in total. The molecule has 2 aromatic rings. The van der Waals surface area contributed by atoms with E-state index in [9.17, 15) is 20.1 Å². The summed E-state index contributed by atoms with van der Waals surface area (Å²) >= 11 is 0. The maximum Gasteiger partial charge on any atom is 0.323 e. The number of amides is 2. The Morgan fingerprint density at radius 1 is 1.06 bits per heavy atom. The second kappa shape index (κ2) is 10.4. The molecule has 0 bridgehead atoms. The van der Waals surface area contributed by atoms with Crippen LogP contribution in [0.1, 0.15) is 0 Å². The Balaban J connectivity index is 1.51. The van der Waals surface area contributed by atoms with Crippen LogP contribution in [0.5, 0.6) is 5.75 Å². The van der Waals surface area contributed by atoms with Crippen LogP contribution in [0.3, 0.4) is 0 Å². The Labute approximate surface area is 178 Å². The number of hydrogen-bond acceptors (Lipinski definition) is 9. The molecule has 0 aliphatic carbocycles. The van der Waals surface area contributed by atoms with Crippen molar-refractivity contribution in [3.05, 3.63) is 48.5 Å². The normalized spacial score (nSPS) is 23.8. The molecule has 0 aromatic heterocycles. The topological polar surface area (TPSA) is 162 Å². The van der Waals surface area contributed by atoms with Gasteiger partial charge in [-0.1, -0.05) is 12.1 Å². The average molecular weight is 435 g/mol. The Bertz CT molecular complexity index is 866. The molecule has 11 heteroatoms. The fourth-order valence-electron chi connectivity index (χ4n) is 2.97. The summed E-state index contributed by atoms with van der Waals surface area (Å²) in [6, 6.07) is 13.0. The predicted octanol–water partition coefficient (Wildman–Crippen LogP) is 0.483. The summed E-state index contributed by atoms with van der Waals surface area (Å²) in [7, 11) is 1.51. The molecule has 31 heavy (non-hydrogen) atoms. The number of para-hydroxylation sites is 2. The van der Waals surface area contributed by atoms with Crippen LogP contribution in [0.15, 0.2) is 48.5 Å². The number of nitrogens with one attached hydrogen (secondary N) is 3. The number of aliphatic hydroxyl groups excluding tert-OH is 4. The zero-order valence-corrected chi connectivity index (χ0v) is 16.6. The van der Waals surface area contributed by atoms with Gasteiger partial charge in [-0.2, -0.15) is 0 Å². The van der Waals surface area contributed by atoms with Crippen molar-refractivity contribution in [2.45, 2.75) is 30.7 Å². The molecule has 168 valence electrons. The van der Waals surface area contributed by atoms with Gasteiger partial charge in [-0.25, -0.2) is 9.63 Å². The largest absolute Gasteiger partial charge is 0.495 e. The summed E-state index contributed by atoms with van der Waals surface area (Å²) in [4.78, 5) is 17.4. The fourth-order valence-corrected chi connectivity index (χ4v) is 2.97. The van der Waals surface area contributed by atoms with E-state index in [2.05, 4.69) is 16.1 Å². The van der Waals surface area contributed by atoms with Crippen LogP contribution in [0.4, 0.5) is 21.9 Å². The smallest absolute Gasteiger partial charge is 0.323 e. The Morgan fingerprint density at radius 2 is 1.74 bits per heavy atom. The number of hydrogen-bond donors (Lipinski definition) is 7. The molecule has 1 saturated heterocycles. The van der Waals surface area contributed by atoms with Crippen LogP contribution in [0.25, 0.3) is 0 Å². The van der Waals surface area contributed by atoms with E-state index in [0.717, 1.165) is 0 Å². The van der Waals surface area contributed by atoms with Gasteiger partial charge in [-0.3, -0.25) is 5.48 Å². The maximum atomic E-state index is 12.2. The van der Waals surface area contributed by atoms with Crippen molar-refractivity contribution in [1.82, 2.24) is 0 Å². The lowest BCUT2D eigenvalue weighted by atomic mass is 10.1. The van der Waals surface area contributed by atoms with Gasteiger partial charge in [-0.05, 0) is 36.4 Å². The van der Waals surface area contributed by atoms with Crippen LogP contribution in [0, 0.1) is 0 Å². The fraction of sp³-hybridized carbons (Fsp3) is 0.350. The van der Waals surface area contributed by atoms with Crippen LogP contribution in [-0.4, -0.2) is 70.9 Å². The van der Waals surface area contributed by atoms with E-state index in [1.165, 1.54) is 7.11 Å². The highest BCUT2D eigenvalue weighted by atomic mass is 16.8. The first kappa shape index (κ1) is 22.7. The lowest BCUT2D eigenvalue weighted by Crippen LogP contribution is -2.40. The van der Waals surface area contributed by atoms with Crippen molar-refractivity contribution in [2.75, 3.05) is 29.8 Å². The summed E-state index contributed by atoms with van der Waals surface area (Å²) in [5.41, 5.74) is 4.08. The van der Waals surface area contributed by atoms with Gasteiger partial charge in [0.25, 0.3) is 0 Å². The van der Waals surface area contributed by atoms with E-state index < -0.39 is 43.3 Å². The van der Waals surface area contributed by atoms with E-state index >= 15 is 0 Å². The van der Waals surface area contributed by atoms with Gasteiger partial charge in [0.15, 0.2) is 0 Å². The van der Waals surface area contributed by atoms with Crippen LogP contribution in [0.2, 0.25) is 0 Å². The summed E-state index contributed by atoms with van der Waals surface area (Å²) < 4.78 is 10.4. The molecule has 1 aliphatic rings. The molecule has 2 aromatic carbocycles. The average Bonchev–Trinajstić information content (AvgIpc) is 3.07. The highest BCUT2D eigenvalue weighted by molar-refractivity contribution is 6.00. The third-order valence-electron chi connectivity index (χ3n) is 4.61. The van der Waals surface area contributed by atoms with E-state index in [1.807, 2.05) is 0 Å². The van der Waals surface area contributed by atoms with E-state index in [0.29, 0.717) is 22.8 Å². The number of benzene rings is 2. The van der Waals surface area contributed by atoms with Gasteiger partial charge in [0.2, 0.25) is 6.29 Å². The maximum absolute atomic E-state index is 12.2. The number of methoxy groups -OCH3 is 1. The number of aliphatic hydroxyl groups is 4. The minimum atomic E-state index is -1.42. The zero-order chi connectivity index (χ0) is 22.4. The SMILES string of the molecule is COc1ccccc1NC(=O)Nc1ccc(NO[C@H]2O[C@H]([C@@H](O)CO)[C@H](O)[C@@H]2O)cc1. The molecule has 1 heterocycles. The first-order valence-electron chi connectivity index (χ1n) is 9.46. The minimum Gasteiger partial charge on any atom is -0.495 e. The highest BCUT2D eigenvalue weighted by Gasteiger charge is 2.46. The lowest BCUT2D eigenvalue weighted by molar-refractivity contribution is -0.167. The number of ether oxygens (including phenoxy) is 2. The minimum absolute atomic E-state index is 0.452. The van der Waals surface area contributed by atoms with Crippen LogP contribution < -0.4 is 20.9 Å². The molecule has 3 rings (SSSR count). The summed E-state index contributed by atoms with van der Waals surface area (Å²) in [6.07, 6.45) is -6.63. The van der Waals surface area contributed by atoms with Gasteiger partial charge in [0, 0.05) is 5.69 Å². The van der Waals surface area contributed by atoms with Gasteiger partial charge >= 0.3 is 6.03 Å². The molecule has 5 atom stereocenters. The van der Waals surface area contributed by atoms with Crippen molar-refractivity contribution in [3.8, 4) is 5.75 Å². The molecule has 0 spiro atoms. The molecule has 0 saturated carbocycles. The third kappa shape index (κ3) is 5.61. The van der Waals surface area contributed by atoms with E-state index in [4.69, 9.17) is 19.4 Å². The second-order valence-corrected chi connectivity index (χ2v) is 6.78. The van der Waals surface area contributed by atoms with E-state index in [-0.39, 0.29) is 0 Å². The number of carbonyl (C=O) groups excluding carboxylic acids is 1. The Hall–Kier alpha value is -2.93. The first-order valence-corrected chi connectivity index (χ1v) is 9.46. The van der Waals surface area contributed by atoms with Gasteiger partial charge in [0.1, 0.15) is 30.2 Å². The first-order chi connectivity index (χ1) is 14.9. The van der Waals surface area contributed by atoms with Crippen molar-refractivity contribution in [2.24, 2.45) is 0 Å². The molecule has 1 aliphatic heterocycles. The Kier molecular flexibility index (Phi) is 7.63. The Morgan fingerprint density at radius 3 is 2.42 bits per heavy atom. The van der Waals surface area contributed by atoms with Gasteiger partial charge in [0.05, 0.1) is 25.1 Å². The lowest BCUT2D eigenvalue weighted by Gasteiger charge is -2.18. The van der Waals surface area contributed by atoms with Crippen LogP contribution >= 0.6 is 0 Å².